The fourth-order valence-electron chi connectivity index (χ4n) is 1.92. The Morgan fingerprint density at radius 3 is 2.75 bits per heavy atom. The lowest BCUT2D eigenvalue weighted by atomic mass is 10.2. The van der Waals surface area contributed by atoms with Crippen molar-refractivity contribution in [1.82, 2.24) is 14.6 Å². The fourth-order valence-corrected chi connectivity index (χ4v) is 2.14. The van der Waals surface area contributed by atoms with Crippen LogP contribution in [0.1, 0.15) is 10.5 Å². The molecule has 3 aromatic rings. The molecule has 0 aliphatic heterocycles. The van der Waals surface area contributed by atoms with Crippen LogP contribution in [0.25, 0.3) is 17.0 Å². The van der Waals surface area contributed by atoms with E-state index in [-0.39, 0.29) is 0 Å². The highest BCUT2D eigenvalue weighted by molar-refractivity contribution is 6.33. The van der Waals surface area contributed by atoms with E-state index in [4.69, 9.17) is 16.3 Å². The van der Waals surface area contributed by atoms with E-state index in [1.54, 1.807) is 24.3 Å². The number of carbonyl (C=O) groups excluding carboxylic acids is 1. The average molecular weight is 288 g/mol. The Bertz CT molecular complexity index is 798. The molecule has 0 N–H and O–H groups in total. The summed E-state index contributed by atoms with van der Waals surface area (Å²) in [7, 11) is 1.33. The zero-order valence-corrected chi connectivity index (χ0v) is 11.3. The van der Waals surface area contributed by atoms with Gasteiger partial charge in [-0.05, 0) is 24.3 Å². The maximum absolute atomic E-state index is 11.7. The lowest BCUT2D eigenvalue weighted by Crippen LogP contribution is -2.08. The minimum absolute atomic E-state index is 0.316. The van der Waals surface area contributed by atoms with Gasteiger partial charge < -0.3 is 4.74 Å². The van der Waals surface area contributed by atoms with Crippen LogP contribution in [0.3, 0.4) is 0 Å². The second-order valence-corrected chi connectivity index (χ2v) is 4.50. The van der Waals surface area contributed by atoms with Gasteiger partial charge in [0.1, 0.15) is 0 Å². The Balaban J connectivity index is 2.21. The Hall–Kier alpha value is -2.40. The first-order chi connectivity index (χ1) is 9.70. The van der Waals surface area contributed by atoms with Gasteiger partial charge in [-0.1, -0.05) is 29.8 Å². The Labute approximate surface area is 119 Å². The highest BCUT2D eigenvalue weighted by atomic mass is 35.5. The number of benzene rings is 1. The van der Waals surface area contributed by atoms with E-state index in [9.17, 15) is 4.79 Å². The van der Waals surface area contributed by atoms with Crippen LogP contribution in [0.15, 0.2) is 42.5 Å². The second kappa shape index (κ2) is 4.94. The molecule has 1 aromatic carbocycles. The molecule has 2 heterocycles. The minimum Gasteiger partial charge on any atom is -0.464 e. The van der Waals surface area contributed by atoms with Crippen LogP contribution >= 0.6 is 11.6 Å². The van der Waals surface area contributed by atoms with Crippen molar-refractivity contribution >= 4 is 23.2 Å². The Morgan fingerprint density at radius 2 is 2.00 bits per heavy atom. The molecule has 2 aromatic heterocycles. The van der Waals surface area contributed by atoms with Crippen molar-refractivity contribution in [2.24, 2.45) is 0 Å². The van der Waals surface area contributed by atoms with E-state index in [1.807, 2.05) is 18.2 Å². The standard InChI is InChI=1S/C14H10ClN3O2/c1-20-14(19)11-7-4-8-12-16-13(17-18(11)12)9-5-2-3-6-10(9)15/h2-8H,1H3. The van der Waals surface area contributed by atoms with Gasteiger partial charge in [0.2, 0.25) is 0 Å². The highest BCUT2D eigenvalue weighted by Crippen LogP contribution is 2.25. The molecule has 0 atom stereocenters. The summed E-state index contributed by atoms with van der Waals surface area (Å²) in [5.74, 6) is -0.00170. The van der Waals surface area contributed by atoms with Crippen LogP contribution in [-0.2, 0) is 4.74 Å². The summed E-state index contributed by atoms with van der Waals surface area (Å²) in [5, 5.41) is 4.89. The molecule has 0 saturated carbocycles. The first-order valence-electron chi connectivity index (χ1n) is 5.89. The van der Waals surface area contributed by atoms with Crippen molar-refractivity contribution in [2.45, 2.75) is 0 Å². The third kappa shape index (κ3) is 2.02. The molecular weight excluding hydrogens is 278 g/mol. The molecule has 0 aliphatic rings. The van der Waals surface area contributed by atoms with Gasteiger partial charge in [-0.15, -0.1) is 5.10 Å². The Kier molecular flexibility index (Phi) is 3.12. The van der Waals surface area contributed by atoms with E-state index >= 15 is 0 Å². The summed E-state index contributed by atoms with van der Waals surface area (Å²) < 4.78 is 6.18. The maximum Gasteiger partial charge on any atom is 0.356 e. The van der Waals surface area contributed by atoms with Gasteiger partial charge in [-0.2, -0.15) is 0 Å². The number of hydrogen-bond donors (Lipinski definition) is 0. The summed E-state index contributed by atoms with van der Waals surface area (Å²) in [6.07, 6.45) is 0. The molecule has 0 spiro atoms. The summed E-state index contributed by atoms with van der Waals surface area (Å²) in [4.78, 5) is 16.1. The quantitative estimate of drug-likeness (QED) is 0.680. The number of hydrogen-bond acceptors (Lipinski definition) is 4. The maximum atomic E-state index is 11.7. The molecule has 0 fully saturated rings. The van der Waals surface area contributed by atoms with Crippen LogP contribution in [0.4, 0.5) is 0 Å². The van der Waals surface area contributed by atoms with Gasteiger partial charge in [0.05, 0.1) is 12.1 Å². The molecule has 0 radical (unpaired) electrons. The molecule has 0 unspecified atom stereocenters. The number of rotatable bonds is 2. The van der Waals surface area contributed by atoms with Crippen LogP contribution in [0.2, 0.25) is 5.02 Å². The lowest BCUT2D eigenvalue weighted by molar-refractivity contribution is 0.0591. The smallest absolute Gasteiger partial charge is 0.356 e. The molecular formula is C14H10ClN3O2. The third-order valence-corrected chi connectivity index (χ3v) is 3.20. The zero-order valence-electron chi connectivity index (χ0n) is 10.6. The monoisotopic (exact) mass is 287 g/mol. The number of methoxy groups -OCH3 is 1. The minimum atomic E-state index is -0.466. The van der Waals surface area contributed by atoms with E-state index in [0.717, 1.165) is 0 Å². The number of halogens is 1. The highest BCUT2D eigenvalue weighted by Gasteiger charge is 2.15. The summed E-state index contributed by atoms with van der Waals surface area (Å²) in [5.41, 5.74) is 1.59. The van der Waals surface area contributed by atoms with Gasteiger partial charge in [-0.25, -0.2) is 14.3 Å². The van der Waals surface area contributed by atoms with Crippen LogP contribution < -0.4 is 0 Å². The van der Waals surface area contributed by atoms with Gasteiger partial charge >= 0.3 is 5.97 Å². The molecule has 0 aliphatic carbocycles. The molecule has 3 rings (SSSR count). The summed E-state index contributed by atoms with van der Waals surface area (Å²) in [6.45, 7) is 0. The van der Waals surface area contributed by atoms with Crippen molar-refractivity contribution in [2.75, 3.05) is 7.11 Å². The van der Waals surface area contributed by atoms with Gasteiger partial charge in [0.25, 0.3) is 0 Å². The predicted molar refractivity (Wildman–Crippen MR) is 74.8 cm³/mol. The van der Waals surface area contributed by atoms with Crippen LogP contribution in [0, 0.1) is 0 Å². The molecule has 0 amide bonds. The Morgan fingerprint density at radius 1 is 1.20 bits per heavy atom. The number of nitrogens with zero attached hydrogens (tertiary/aromatic N) is 3. The molecule has 0 bridgehead atoms. The van der Waals surface area contributed by atoms with Crippen molar-refractivity contribution < 1.29 is 9.53 Å². The second-order valence-electron chi connectivity index (χ2n) is 4.09. The van der Waals surface area contributed by atoms with Gasteiger partial charge in [-0.3, -0.25) is 0 Å². The average Bonchev–Trinajstić information content (AvgIpc) is 2.90. The number of pyridine rings is 1. The molecule has 6 heteroatoms. The third-order valence-electron chi connectivity index (χ3n) is 2.87. The molecule has 5 nitrogen and oxygen atoms in total. The number of aromatic nitrogens is 3. The molecule has 100 valence electrons. The van der Waals surface area contributed by atoms with E-state index in [2.05, 4.69) is 10.1 Å². The first kappa shape index (κ1) is 12.6. The number of ether oxygens (including phenoxy) is 1. The van der Waals surface area contributed by atoms with Crippen LogP contribution in [-0.4, -0.2) is 27.7 Å². The van der Waals surface area contributed by atoms with Gasteiger partial charge in [0.15, 0.2) is 17.2 Å². The van der Waals surface area contributed by atoms with Crippen molar-refractivity contribution in [3.8, 4) is 11.4 Å². The number of fused-ring (bicyclic) bond motifs is 1. The first-order valence-corrected chi connectivity index (χ1v) is 6.27. The van der Waals surface area contributed by atoms with Crippen molar-refractivity contribution in [1.29, 1.82) is 0 Å². The fraction of sp³-hybridized carbons (Fsp3) is 0.0714. The van der Waals surface area contributed by atoms with Crippen molar-refractivity contribution in [3.63, 3.8) is 0 Å². The topological polar surface area (TPSA) is 56.5 Å². The van der Waals surface area contributed by atoms with Crippen molar-refractivity contribution in [3.05, 3.63) is 53.2 Å². The molecule has 20 heavy (non-hydrogen) atoms. The number of esters is 1. The summed E-state index contributed by atoms with van der Waals surface area (Å²) in [6, 6.07) is 12.4. The van der Waals surface area contributed by atoms with Crippen LogP contribution in [0.5, 0.6) is 0 Å². The van der Waals surface area contributed by atoms with E-state index in [1.165, 1.54) is 11.6 Å². The van der Waals surface area contributed by atoms with E-state index < -0.39 is 5.97 Å². The lowest BCUT2D eigenvalue weighted by Gasteiger charge is -2.00. The number of carbonyl (C=O) groups is 1. The largest absolute Gasteiger partial charge is 0.464 e. The molecule has 0 saturated heterocycles. The zero-order chi connectivity index (χ0) is 14.1. The normalized spacial score (nSPS) is 10.7. The SMILES string of the molecule is COC(=O)c1cccc2nc(-c3ccccc3Cl)nn12. The summed E-state index contributed by atoms with van der Waals surface area (Å²) >= 11 is 6.14. The predicted octanol–water partition coefficient (Wildman–Crippen LogP) is 2.84. The van der Waals surface area contributed by atoms with E-state index in [0.29, 0.717) is 27.8 Å². The van der Waals surface area contributed by atoms with Gasteiger partial charge in [0, 0.05) is 5.56 Å².